The smallest absolute Gasteiger partial charge is 0.273 e. The molecule has 21 heavy (non-hydrogen) atoms. The molecule has 5 heteroatoms. The van der Waals surface area contributed by atoms with Gasteiger partial charge >= 0.3 is 0 Å². The SMILES string of the molecule is CCCNc1cc(NCC2(C)CCCC2)cc([N+](=O)[O-])c1. The summed E-state index contributed by atoms with van der Waals surface area (Å²) in [5.41, 5.74) is 2.10. The lowest BCUT2D eigenvalue weighted by Gasteiger charge is -2.24. The fourth-order valence-electron chi connectivity index (χ4n) is 2.91. The van der Waals surface area contributed by atoms with Crippen LogP contribution in [-0.2, 0) is 0 Å². The average Bonchev–Trinajstić information content (AvgIpc) is 2.90. The van der Waals surface area contributed by atoms with Gasteiger partial charge in [-0.05, 0) is 30.7 Å². The summed E-state index contributed by atoms with van der Waals surface area (Å²) < 4.78 is 0. The molecule has 0 aliphatic heterocycles. The minimum atomic E-state index is -0.334. The molecule has 5 nitrogen and oxygen atoms in total. The fraction of sp³-hybridized carbons (Fsp3) is 0.625. The van der Waals surface area contributed by atoms with Gasteiger partial charge in [0, 0.05) is 36.6 Å². The first-order valence-corrected chi connectivity index (χ1v) is 7.80. The van der Waals surface area contributed by atoms with Gasteiger partial charge in [0.2, 0.25) is 0 Å². The van der Waals surface area contributed by atoms with E-state index < -0.39 is 0 Å². The predicted molar refractivity (Wildman–Crippen MR) is 86.9 cm³/mol. The van der Waals surface area contributed by atoms with E-state index in [1.165, 1.54) is 25.7 Å². The number of hydrogen-bond donors (Lipinski definition) is 2. The zero-order valence-corrected chi connectivity index (χ0v) is 12.9. The number of hydrogen-bond acceptors (Lipinski definition) is 4. The molecule has 2 N–H and O–H groups in total. The minimum absolute atomic E-state index is 0.134. The summed E-state index contributed by atoms with van der Waals surface area (Å²) in [5.74, 6) is 0. The standard InChI is InChI=1S/C16H25N3O2/c1-3-8-17-13-9-14(11-15(10-13)19(20)21)18-12-16(2)6-4-5-7-16/h9-11,17-18H,3-8,12H2,1-2H3. The van der Waals surface area contributed by atoms with Gasteiger partial charge in [-0.15, -0.1) is 0 Å². The Morgan fingerprint density at radius 1 is 1.19 bits per heavy atom. The van der Waals surface area contributed by atoms with Gasteiger partial charge in [0.05, 0.1) is 4.92 Å². The summed E-state index contributed by atoms with van der Waals surface area (Å²) in [6.07, 6.45) is 6.03. The Morgan fingerprint density at radius 3 is 2.38 bits per heavy atom. The van der Waals surface area contributed by atoms with Gasteiger partial charge < -0.3 is 10.6 Å². The van der Waals surface area contributed by atoms with E-state index in [0.29, 0.717) is 5.41 Å². The van der Waals surface area contributed by atoms with Crippen molar-refractivity contribution in [3.63, 3.8) is 0 Å². The second-order valence-corrected chi connectivity index (χ2v) is 6.32. The van der Waals surface area contributed by atoms with E-state index >= 15 is 0 Å². The van der Waals surface area contributed by atoms with E-state index in [1.54, 1.807) is 12.1 Å². The van der Waals surface area contributed by atoms with E-state index in [4.69, 9.17) is 0 Å². The molecule has 1 fully saturated rings. The molecule has 2 rings (SSSR count). The van der Waals surface area contributed by atoms with Gasteiger partial charge in [-0.1, -0.05) is 26.7 Å². The van der Waals surface area contributed by atoms with Crippen molar-refractivity contribution in [2.24, 2.45) is 5.41 Å². The van der Waals surface area contributed by atoms with Gasteiger partial charge in [-0.25, -0.2) is 0 Å². The Kier molecular flexibility index (Phi) is 5.04. The maximum atomic E-state index is 11.1. The lowest BCUT2D eigenvalue weighted by molar-refractivity contribution is -0.384. The molecule has 0 radical (unpaired) electrons. The molecule has 0 saturated heterocycles. The van der Waals surface area contributed by atoms with Crippen LogP contribution < -0.4 is 10.6 Å². The van der Waals surface area contributed by atoms with E-state index in [2.05, 4.69) is 24.5 Å². The van der Waals surface area contributed by atoms with E-state index in [1.807, 2.05) is 6.07 Å². The zero-order chi connectivity index (χ0) is 15.3. The predicted octanol–water partition coefficient (Wildman–Crippen LogP) is 4.41. The number of nitro benzene ring substituents is 1. The van der Waals surface area contributed by atoms with Gasteiger partial charge in [-0.2, -0.15) is 0 Å². The van der Waals surface area contributed by atoms with Crippen molar-refractivity contribution >= 4 is 17.1 Å². The Morgan fingerprint density at radius 2 is 1.81 bits per heavy atom. The molecule has 0 spiro atoms. The van der Waals surface area contributed by atoms with E-state index in [9.17, 15) is 10.1 Å². The molecule has 0 heterocycles. The van der Waals surface area contributed by atoms with Gasteiger partial charge in [0.25, 0.3) is 5.69 Å². The van der Waals surface area contributed by atoms with Gasteiger partial charge in [-0.3, -0.25) is 10.1 Å². The largest absolute Gasteiger partial charge is 0.385 e. The first-order chi connectivity index (χ1) is 10.0. The summed E-state index contributed by atoms with van der Waals surface area (Å²) in [4.78, 5) is 10.7. The molecule has 116 valence electrons. The highest BCUT2D eigenvalue weighted by molar-refractivity contribution is 5.63. The molecule has 0 aromatic heterocycles. The van der Waals surface area contributed by atoms with Crippen LogP contribution in [0.15, 0.2) is 18.2 Å². The molecule has 0 bridgehead atoms. The highest BCUT2D eigenvalue weighted by Gasteiger charge is 2.28. The Hall–Kier alpha value is -1.78. The Bertz CT molecular complexity index is 496. The minimum Gasteiger partial charge on any atom is -0.385 e. The first kappa shape index (κ1) is 15.6. The van der Waals surface area contributed by atoms with E-state index in [0.717, 1.165) is 30.9 Å². The second kappa shape index (κ2) is 6.78. The zero-order valence-electron chi connectivity index (χ0n) is 12.9. The summed E-state index contributed by atoms with van der Waals surface area (Å²) in [6.45, 7) is 6.06. The molecule has 0 atom stereocenters. The summed E-state index contributed by atoms with van der Waals surface area (Å²) >= 11 is 0. The van der Waals surface area contributed by atoms with Crippen LogP contribution in [0, 0.1) is 15.5 Å². The molecule has 1 aromatic carbocycles. The molecule has 0 amide bonds. The van der Waals surface area contributed by atoms with Crippen molar-refractivity contribution in [1.82, 2.24) is 0 Å². The number of nitro groups is 1. The number of nitrogens with one attached hydrogen (secondary N) is 2. The van der Waals surface area contributed by atoms with Crippen LogP contribution in [0.4, 0.5) is 17.1 Å². The van der Waals surface area contributed by atoms with Crippen molar-refractivity contribution < 1.29 is 4.92 Å². The number of nitrogens with zero attached hydrogens (tertiary/aromatic N) is 1. The highest BCUT2D eigenvalue weighted by atomic mass is 16.6. The van der Waals surface area contributed by atoms with Crippen LogP contribution in [-0.4, -0.2) is 18.0 Å². The van der Waals surface area contributed by atoms with Crippen molar-refractivity contribution in [2.75, 3.05) is 23.7 Å². The molecular formula is C16H25N3O2. The maximum absolute atomic E-state index is 11.1. The van der Waals surface area contributed by atoms with Crippen molar-refractivity contribution in [3.8, 4) is 0 Å². The van der Waals surface area contributed by atoms with Crippen molar-refractivity contribution in [3.05, 3.63) is 28.3 Å². The highest BCUT2D eigenvalue weighted by Crippen LogP contribution is 2.37. The van der Waals surface area contributed by atoms with Crippen LogP contribution in [0.25, 0.3) is 0 Å². The Balaban J connectivity index is 2.09. The third-order valence-corrected chi connectivity index (χ3v) is 4.24. The second-order valence-electron chi connectivity index (χ2n) is 6.32. The molecule has 0 unspecified atom stereocenters. The molecule has 1 aliphatic rings. The average molecular weight is 291 g/mol. The Labute approximate surface area is 126 Å². The summed E-state index contributed by atoms with van der Waals surface area (Å²) in [7, 11) is 0. The van der Waals surface area contributed by atoms with Crippen LogP contribution >= 0.6 is 0 Å². The molecule has 1 aliphatic carbocycles. The fourth-order valence-corrected chi connectivity index (χ4v) is 2.91. The first-order valence-electron chi connectivity index (χ1n) is 7.80. The molecule has 1 aromatic rings. The van der Waals surface area contributed by atoms with Crippen LogP contribution in [0.5, 0.6) is 0 Å². The molecule has 1 saturated carbocycles. The van der Waals surface area contributed by atoms with Crippen LogP contribution in [0.3, 0.4) is 0 Å². The normalized spacial score (nSPS) is 16.7. The number of non-ortho nitro benzene ring substituents is 1. The quantitative estimate of drug-likeness (QED) is 0.577. The third kappa shape index (κ3) is 4.34. The third-order valence-electron chi connectivity index (χ3n) is 4.24. The topological polar surface area (TPSA) is 67.2 Å². The number of anilines is 2. The van der Waals surface area contributed by atoms with Gasteiger partial charge in [0.15, 0.2) is 0 Å². The van der Waals surface area contributed by atoms with E-state index in [-0.39, 0.29) is 10.6 Å². The summed E-state index contributed by atoms with van der Waals surface area (Å²) in [6, 6.07) is 5.18. The summed E-state index contributed by atoms with van der Waals surface area (Å²) in [5, 5.41) is 17.7. The number of benzene rings is 1. The monoisotopic (exact) mass is 291 g/mol. The van der Waals surface area contributed by atoms with Crippen molar-refractivity contribution in [2.45, 2.75) is 46.0 Å². The lowest BCUT2D eigenvalue weighted by Crippen LogP contribution is -2.23. The van der Waals surface area contributed by atoms with Crippen LogP contribution in [0.2, 0.25) is 0 Å². The van der Waals surface area contributed by atoms with Gasteiger partial charge in [0.1, 0.15) is 0 Å². The van der Waals surface area contributed by atoms with Crippen molar-refractivity contribution in [1.29, 1.82) is 0 Å². The molecular weight excluding hydrogens is 266 g/mol. The maximum Gasteiger partial charge on any atom is 0.273 e. The lowest BCUT2D eigenvalue weighted by atomic mass is 9.89. The number of rotatable bonds is 7. The van der Waals surface area contributed by atoms with Crippen LogP contribution in [0.1, 0.15) is 46.0 Å².